The second-order valence-corrected chi connectivity index (χ2v) is 6.36. The zero-order chi connectivity index (χ0) is 12.3. The molecule has 0 aromatic rings. The second-order valence-electron chi connectivity index (χ2n) is 6.36. The van der Waals surface area contributed by atoms with Crippen molar-refractivity contribution in [3.8, 4) is 0 Å². The minimum absolute atomic E-state index is 0.0557. The lowest BCUT2D eigenvalue weighted by atomic mass is 9.57. The SMILES string of the molecule is O=C1CCC23CC(=O)C1C2=CC=C1CCCCC13. The van der Waals surface area contributed by atoms with Crippen molar-refractivity contribution in [1.82, 2.24) is 0 Å². The fraction of sp³-hybridized carbons (Fsp3) is 0.625. The molecule has 3 saturated carbocycles. The number of fused-ring (bicyclic) bond motifs is 1. The molecule has 2 heteroatoms. The van der Waals surface area contributed by atoms with Gasteiger partial charge in [0.1, 0.15) is 11.6 Å². The molecule has 0 spiro atoms. The van der Waals surface area contributed by atoms with Gasteiger partial charge >= 0.3 is 0 Å². The van der Waals surface area contributed by atoms with Gasteiger partial charge in [0.2, 0.25) is 0 Å². The maximum atomic E-state index is 12.2. The third-order valence-corrected chi connectivity index (χ3v) is 5.64. The van der Waals surface area contributed by atoms with Crippen LogP contribution < -0.4 is 0 Å². The molecule has 4 rings (SSSR count). The summed E-state index contributed by atoms with van der Waals surface area (Å²) < 4.78 is 0. The predicted molar refractivity (Wildman–Crippen MR) is 67.9 cm³/mol. The molecule has 3 atom stereocenters. The van der Waals surface area contributed by atoms with Crippen LogP contribution in [0.3, 0.4) is 0 Å². The van der Waals surface area contributed by atoms with Crippen LogP contribution in [0.1, 0.15) is 44.9 Å². The van der Waals surface area contributed by atoms with E-state index in [9.17, 15) is 9.59 Å². The maximum absolute atomic E-state index is 12.2. The minimum Gasteiger partial charge on any atom is -0.299 e. The molecule has 2 bridgehead atoms. The molecule has 18 heavy (non-hydrogen) atoms. The van der Waals surface area contributed by atoms with Crippen LogP contribution in [0.5, 0.6) is 0 Å². The number of allylic oxidation sites excluding steroid dienone is 4. The van der Waals surface area contributed by atoms with Gasteiger partial charge < -0.3 is 0 Å². The lowest BCUT2D eigenvalue weighted by molar-refractivity contribution is -0.129. The summed E-state index contributed by atoms with van der Waals surface area (Å²) in [5.74, 6) is 0.572. The number of carbonyl (C=O) groups excluding carboxylic acids is 2. The molecular weight excluding hydrogens is 224 g/mol. The third-order valence-electron chi connectivity index (χ3n) is 5.64. The van der Waals surface area contributed by atoms with Crippen LogP contribution in [0.4, 0.5) is 0 Å². The lowest BCUT2D eigenvalue weighted by Gasteiger charge is -2.46. The van der Waals surface area contributed by atoms with E-state index in [1.165, 1.54) is 31.3 Å². The molecule has 0 saturated heterocycles. The molecule has 4 aliphatic carbocycles. The number of Topliss-reactive ketones (excluding diaryl/α,β-unsaturated/α-hetero) is 2. The first-order valence-electron chi connectivity index (χ1n) is 7.19. The highest BCUT2D eigenvalue weighted by molar-refractivity contribution is 6.09. The molecular formula is C16H18O2. The second kappa shape index (κ2) is 3.43. The lowest BCUT2D eigenvalue weighted by Crippen LogP contribution is -2.39. The first-order valence-corrected chi connectivity index (χ1v) is 7.19. The Bertz CT molecular complexity index is 511. The number of rotatable bonds is 0. The molecule has 3 fully saturated rings. The van der Waals surface area contributed by atoms with Crippen molar-refractivity contribution in [3.63, 3.8) is 0 Å². The zero-order valence-electron chi connectivity index (χ0n) is 10.6. The average molecular weight is 242 g/mol. The van der Waals surface area contributed by atoms with E-state index in [0.717, 1.165) is 6.42 Å². The number of hydrogen-bond donors (Lipinski definition) is 0. The number of hydrogen-bond acceptors (Lipinski definition) is 2. The molecule has 4 aliphatic rings. The largest absolute Gasteiger partial charge is 0.299 e. The average Bonchev–Trinajstić information content (AvgIpc) is 2.62. The summed E-state index contributed by atoms with van der Waals surface area (Å²) in [5, 5.41) is 0. The predicted octanol–water partition coefficient (Wildman–Crippen LogP) is 2.98. The Kier molecular flexibility index (Phi) is 2.04. The fourth-order valence-corrected chi connectivity index (χ4v) is 4.88. The van der Waals surface area contributed by atoms with Crippen molar-refractivity contribution in [2.75, 3.05) is 0 Å². The van der Waals surface area contributed by atoms with Gasteiger partial charge in [0.05, 0.1) is 5.92 Å². The van der Waals surface area contributed by atoms with Crippen LogP contribution >= 0.6 is 0 Å². The number of ketones is 2. The monoisotopic (exact) mass is 242 g/mol. The Morgan fingerprint density at radius 2 is 1.94 bits per heavy atom. The normalized spacial score (nSPS) is 42.0. The summed E-state index contributed by atoms with van der Waals surface area (Å²) in [6.45, 7) is 0. The van der Waals surface area contributed by atoms with Crippen molar-refractivity contribution < 1.29 is 9.59 Å². The van der Waals surface area contributed by atoms with Crippen LogP contribution in [0.15, 0.2) is 23.3 Å². The van der Waals surface area contributed by atoms with E-state index in [4.69, 9.17) is 0 Å². The van der Waals surface area contributed by atoms with E-state index in [1.807, 2.05) is 0 Å². The van der Waals surface area contributed by atoms with Crippen molar-refractivity contribution in [2.45, 2.75) is 44.9 Å². The number of carbonyl (C=O) groups is 2. The quantitative estimate of drug-likeness (QED) is 0.612. The van der Waals surface area contributed by atoms with Gasteiger partial charge in [0.15, 0.2) is 0 Å². The van der Waals surface area contributed by atoms with Crippen LogP contribution in [-0.4, -0.2) is 11.6 Å². The van der Waals surface area contributed by atoms with E-state index >= 15 is 0 Å². The van der Waals surface area contributed by atoms with E-state index in [1.54, 1.807) is 5.57 Å². The molecule has 0 amide bonds. The van der Waals surface area contributed by atoms with Gasteiger partial charge in [-0.3, -0.25) is 9.59 Å². The standard InChI is InChI=1S/C16H18O2/c17-13-7-8-16-9-14(18)15(13)12(16)6-5-10-3-1-2-4-11(10)16/h5-6,11,15H,1-4,7-9H2. The van der Waals surface area contributed by atoms with Gasteiger partial charge in [-0.2, -0.15) is 0 Å². The Morgan fingerprint density at radius 3 is 2.83 bits per heavy atom. The van der Waals surface area contributed by atoms with E-state index in [2.05, 4.69) is 12.2 Å². The van der Waals surface area contributed by atoms with Crippen LogP contribution in [0.25, 0.3) is 0 Å². The molecule has 94 valence electrons. The molecule has 0 heterocycles. The summed E-state index contributed by atoms with van der Waals surface area (Å²) in [5.41, 5.74) is 2.78. The van der Waals surface area contributed by atoms with Crippen molar-refractivity contribution in [1.29, 1.82) is 0 Å². The summed E-state index contributed by atoms with van der Waals surface area (Å²) >= 11 is 0. The Hall–Kier alpha value is -1.18. The van der Waals surface area contributed by atoms with Crippen LogP contribution in [-0.2, 0) is 9.59 Å². The van der Waals surface area contributed by atoms with Crippen LogP contribution in [0, 0.1) is 17.3 Å². The maximum Gasteiger partial charge on any atom is 0.148 e. The highest BCUT2D eigenvalue weighted by Gasteiger charge is 2.59. The summed E-state index contributed by atoms with van der Waals surface area (Å²) in [7, 11) is 0. The molecule has 0 aromatic heterocycles. The van der Waals surface area contributed by atoms with Gasteiger partial charge in [-0.15, -0.1) is 0 Å². The van der Waals surface area contributed by atoms with Gasteiger partial charge in [0, 0.05) is 18.3 Å². The van der Waals surface area contributed by atoms with Gasteiger partial charge in [-0.05, 0) is 37.2 Å². The fourth-order valence-electron chi connectivity index (χ4n) is 4.88. The summed E-state index contributed by atoms with van der Waals surface area (Å²) in [6.07, 6.45) is 11.5. The Balaban J connectivity index is 1.87. The minimum atomic E-state index is -0.363. The van der Waals surface area contributed by atoms with Gasteiger partial charge in [-0.25, -0.2) is 0 Å². The first kappa shape index (κ1) is 10.7. The van der Waals surface area contributed by atoms with Gasteiger partial charge in [0.25, 0.3) is 0 Å². The van der Waals surface area contributed by atoms with Crippen molar-refractivity contribution in [2.24, 2.45) is 17.3 Å². The molecule has 0 N–H and O–H groups in total. The third kappa shape index (κ3) is 1.14. The van der Waals surface area contributed by atoms with Crippen molar-refractivity contribution >= 4 is 11.6 Å². The van der Waals surface area contributed by atoms with Gasteiger partial charge in [-0.1, -0.05) is 24.1 Å². The highest BCUT2D eigenvalue weighted by Crippen LogP contribution is 2.62. The smallest absolute Gasteiger partial charge is 0.148 e. The molecule has 0 radical (unpaired) electrons. The first-order chi connectivity index (χ1) is 8.72. The molecule has 0 aliphatic heterocycles. The molecule has 2 nitrogen and oxygen atoms in total. The molecule has 0 aromatic carbocycles. The highest BCUT2D eigenvalue weighted by atomic mass is 16.2. The summed E-state index contributed by atoms with van der Waals surface area (Å²) in [4.78, 5) is 24.2. The Morgan fingerprint density at radius 1 is 1.06 bits per heavy atom. The van der Waals surface area contributed by atoms with E-state index < -0.39 is 0 Å². The summed E-state index contributed by atoms with van der Waals surface area (Å²) in [6, 6.07) is 0. The Labute approximate surface area is 107 Å². The molecule has 3 unspecified atom stereocenters. The van der Waals surface area contributed by atoms with E-state index in [-0.39, 0.29) is 22.9 Å². The topological polar surface area (TPSA) is 34.1 Å². The van der Waals surface area contributed by atoms with Crippen molar-refractivity contribution in [3.05, 3.63) is 23.3 Å². The zero-order valence-corrected chi connectivity index (χ0v) is 10.6. The van der Waals surface area contributed by atoms with Crippen LogP contribution in [0.2, 0.25) is 0 Å². The van der Waals surface area contributed by atoms with E-state index in [0.29, 0.717) is 18.8 Å².